The fraction of sp³-hybridized carbons (Fsp3) is 0.161. The molecule has 0 aromatic heterocycles. The predicted molar refractivity (Wildman–Crippen MR) is 152 cm³/mol. The molecule has 0 aliphatic rings. The summed E-state index contributed by atoms with van der Waals surface area (Å²) in [5, 5.41) is 5.82. The standard InChI is InChI=1S/C31H31N3O5/c1-22-8-7-9-24(18-22)33-31(36)34(25-12-14-27(15-13-25)39-26-10-5-4-6-11-26)17-16-32-30(35)23-19-28(37-2)21-29(20-23)38-3/h4-15,18-21H,16-17H2,1-3H3,(H,32,35)(H,33,36). The molecule has 0 aliphatic heterocycles. The minimum Gasteiger partial charge on any atom is -0.497 e. The van der Waals surface area contributed by atoms with Gasteiger partial charge >= 0.3 is 6.03 Å². The molecule has 0 spiro atoms. The minimum absolute atomic E-state index is 0.210. The molecule has 0 saturated heterocycles. The molecule has 3 amide bonds. The lowest BCUT2D eigenvalue weighted by Crippen LogP contribution is -2.41. The Morgan fingerprint density at radius 2 is 1.41 bits per heavy atom. The summed E-state index contributed by atoms with van der Waals surface area (Å²) in [5.74, 6) is 2.08. The third-order valence-corrected chi connectivity index (χ3v) is 5.88. The topological polar surface area (TPSA) is 89.1 Å². The van der Waals surface area contributed by atoms with Crippen molar-refractivity contribution in [1.82, 2.24) is 5.32 Å². The van der Waals surface area contributed by atoms with Crippen molar-refractivity contribution in [3.63, 3.8) is 0 Å². The highest BCUT2D eigenvalue weighted by molar-refractivity contribution is 6.02. The first-order valence-corrected chi connectivity index (χ1v) is 12.4. The smallest absolute Gasteiger partial charge is 0.326 e. The summed E-state index contributed by atoms with van der Waals surface area (Å²) in [6, 6.07) is 28.9. The van der Waals surface area contributed by atoms with E-state index in [2.05, 4.69) is 10.6 Å². The second-order valence-corrected chi connectivity index (χ2v) is 8.72. The molecular formula is C31H31N3O5. The van der Waals surface area contributed by atoms with Crippen LogP contribution in [0.2, 0.25) is 0 Å². The van der Waals surface area contributed by atoms with E-state index in [-0.39, 0.29) is 25.0 Å². The monoisotopic (exact) mass is 525 g/mol. The zero-order chi connectivity index (χ0) is 27.6. The zero-order valence-corrected chi connectivity index (χ0v) is 22.1. The van der Waals surface area contributed by atoms with Gasteiger partial charge in [-0.25, -0.2) is 4.79 Å². The van der Waals surface area contributed by atoms with Crippen molar-refractivity contribution in [1.29, 1.82) is 0 Å². The van der Waals surface area contributed by atoms with Crippen LogP contribution in [0.1, 0.15) is 15.9 Å². The van der Waals surface area contributed by atoms with Crippen LogP contribution in [0.5, 0.6) is 23.0 Å². The summed E-state index contributed by atoms with van der Waals surface area (Å²) in [6.07, 6.45) is 0. The van der Waals surface area contributed by atoms with E-state index in [1.54, 1.807) is 35.2 Å². The first-order valence-electron chi connectivity index (χ1n) is 12.4. The largest absolute Gasteiger partial charge is 0.497 e. The number of para-hydroxylation sites is 1. The quantitative estimate of drug-likeness (QED) is 0.255. The fourth-order valence-corrected chi connectivity index (χ4v) is 3.90. The number of hydrogen-bond donors (Lipinski definition) is 2. The highest BCUT2D eigenvalue weighted by Gasteiger charge is 2.18. The maximum atomic E-state index is 13.4. The summed E-state index contributed by atoms with van der Waals surface area (Å²) >= 11 is 0. The molecular weight excluding hydrogens is 494 g/mol. The van der Waals surface area contributed by atoms with E-state index in [1.807, 2.05) is 73.7 Å². The number of benzene rings is 4. The summed E-state index contributed by atoms with van der Waals surface area (Å²) in [5.41, 5.74) is 2.76. The average molecular weight is 526 g/mol. The van der Waals surface area contributed by atoms with Gasteiger partial charge in [-0.15, -0.1) is 0 Å². The predicted octanol–water partition coefficient (Wildman–Crippen LogP) is 6.27. The van der Waals surface area contributed by atoms with Gasteiger partial charge in [0.1, 0.15) is 23.0 Å². The number of nitrogens with zero attached hydrogens (tertiary/aromatic N) is 1. The van der Waals surface area contributed by atoms with Gasteiger partial charge in [-0.05, 0) is 73.2 Å². The Bertz CT molecular complexity index is 1390. The number of carbonyl (C=O) groups is 2. The van der Waals surface area contributed by atoms with Gasteiger partial charge in [0.15, 0.2) is 0 Å². The molecule has 0 saturated carbocycles. The van der Waals surface area contributed by atoms with E-state index in [0.29, 0.717) is 34.2 Å². The van der Waals surface area contributed by atoms with E-state index < -0.39 is 0 Å². The lowest BCUT2D eigenvalue weighted by molar-refractivity contribution is 0.0954. The van der Waals surface area contributed by atoms with Crippen LogP contribution in [0.15, 0.2) is 97.1 Å². The number of hydrogen-bond acceptors (Lipinski definition) is 5. The summed E-state index contributed by atoms with van der Waals surface area (Å²) < 4.78 is 16.4. The summed E-state index contributed by atoms with van der Waals surface area (Å²) in [4.78, 5) is 27.8. The van der Waals surface area contributed by atoms with Crippen LogP contribution < -0.4 is 29.7 Å². The highest BCUT2D eigenvalue weighted by atomic mass is 16.5. The second kappa shape index (κ2) is 13.0. The molecule has 200 valence electrons. The molecule has 0 heterocycles. The molecule has 0 aliphatic carbocycles. The Labute approximate surface area is 228 Å². The number of anilines is 2. The normalized spacial score (nSPS) is 10.3. The number of methoxy groups -OCH3 is 2. The number of ether oxygens (including phenoxy) is 3. The van der Waals surface area contributed by atoms with Gasteiger partial charge < -0.3 is 24.8 Å². The lowest BCUT2D eigenvalue weighted by Gasteiger charge is -2.24. The molecule has 0 radical (unpaired) electrons. The maximum Gasteiger partial charge on any atom is 0.326 e. The van der Waals surface area contributed by atoms with Gasteiger partial charge in [-0.1, -0.05) is 30.3 Å². The molecule has 8 heteroatoms. The third-order valence-electron chi connectivity index (χ3n) is 5.88. The Morgan fingerprint density at radius 1 is 0.744 bits per heavy atom. The number of rotatable bonds is 10. The molecule has 8 nitrogen and oxygen atoms in total. The van der Waals surface area contributed by atoms with E-state index in [9.17, 15) is 9.59 Å². The van der Waals surface area contributed by atoms with Crippen LogP contribution in [0.25, 0.3) is 0 Å². The second-order valence-electron chi connectivity index (χ2n) is 8.72. The van der Waals surface area contributed by atoms with Crippen molar-refractivity contribution in [3.8, 4) is 23.0 Å². The molecule has 4 aromatic carbocycles. The SMILES string of the molecule is COc1cc(OC)cc(C(=O)NCCN(C(=O)Nc2cccc(C)c2)c2ccc(Oc3ccccc3)cc2)c1. The van der Waals surface area contributed by atoms with Crippen molar-refractivity contribution in [2.45, 2.75) is 6.92 Å². The maximum absolute atomic E-state index is 13.4. The molecule has 2 N–H and O–H groups in total. The number of nitrogens with one attached hydrogen (secondary N) is 2. The van der Waals surface area contributed by atoms with E-state index in [0.717, 1.165) is 11.3 Å². The van der Waals surface area contributed by atoms with Crippen molar-refractivity contribution in [2.24, 2.45) is 0 Å². The van der Waals surface area contributed by atoms with Gasteiger partial charge in [-0.2, -0.15) is 0 Å². The number of urea groups is 1. The van der Waals surface area contributed by atoms with E-state index >= 15 is 0 Å². The molecule has 4 rings (SSSR count). The Kier molecular flexibility index (Phi) is 9.03. The van der Waals surface area contributed by atoms with E-state index in [1.165, 1.54) is 14.2 Å². The van der Waals surface area contributed by atoms with Crippen LogP contribution in [-0.4, -0.2) is 39.2 Å². The summed E-state index contributed by atoms with van der Waals surface area (Å²) in [7, 11) is 3.05. The van der Waals surface area contributed by atoms with Crippen molar-refractivity contribution < 1.29 is 23.8 Å². The molecule has 0 unspecified atom stereocenters. The Morgan fingerprint density at radius 3 is 2.05 bits per heavy atom. The van der Waals surface area contributed by atoms with Crippen molar-refractivity contribution >= 4 is 23.3 Å². The molecule has 0 bridgehead atoms. The zero-order valence-electron chi connectivity index (χ0n) is 22.1. The molecule has 4 aromatic rings. The van der Waals surface area contributed by atoms with Crippen LogP contribution >= 0.6 is 0 Å². The van der Waals surface area contributed by atoms with Crippen LogP contribution in [0.4, 0.5) is 16.2 Å². The number of carbonyl (C=O) groups excluding carboxylic acids is 2. The first-order chi connectivity index (χ1) is 18.9. The Balaban J connectivity index is 1.48. The van der Waals surface area contributed by atoms with Gasteiger partial charge in [0.05, 0.1) is 14.2 Å². The fourth-order valence-electron chi connectivity index (χ4n) is 3.90. The number of aryl methyl sites for hydroxylation is 1. The van der Waals surface area contributed by atoms with Crippen LogP contribution in [0, 0.1) is 6.92 Å². The van der Waals surface area contributed by atoms with Crippen LogP contribution in [-0.2, 0) is 0 Å². The van der Waals surface area contributed by atoms with E-state index in [4.69, 9.17) is 14.2 Å². The van der Waals surface area contributed by atoms with Gasteiger partial charge in [0.25, 0.3) is 5.91 Å². The number of amides is 3. The van der Waals surface area contributed by atoms with Crippen LogP contribution in [0.3, 0.4) is 0 Å². The van der Waals surface area contributed by atoms with Gasteiger partial charge in [0.2, 0.25) is 0 Å². The lowest BCUT2D eigenvalue weighted by atomic mass is 10.2. The average Bonchev–Trinajstić information content (AvgIpc) is 2.96. The van der Waals surface area contributed by atoms with Gasteiger partial charge in [0, 0.05) is 36.1 Å². The Hall–Kier alpha value is -4.98. The molecule has 0 fully saturated rings. The molecule has 39 heavy (non-hydrogen) atoms. The minimum atomic E-state index is -0.324. The van der Waals surface area contributed by atoms with Gasteiger partial charge in [-0.3, -0.25) is 9.69 Å². The molecule has 0 atom stereocenters. The first kappa shape index (κ1) is 27.1. The van der Waals surface area contributed by atoms with Crippen molar-refractivity contribution in [2.75, 3.05) is 37.5 Å². The summed E-state index contributed by atoms with van der Waals surface area (Å²) in [6.45, 7) is 2.40. The highest BCUT2D eigenvalue weighted by Crippen LogP contribution is 2.25. The third kappa shape index (κ3) is 7.52. The van der Waals surface area contributed by atoms with Crippen molar-refractivity contribution in [3.05, 3.63) is 108 Å².